The van der Waals surface area contributed by atoms with Gasteiger partial charge in [0.15, 0.2) is 0 Å². The summed E-state index contributed by atoms with van der Waals surface area (Å²) in [5.41, 5.74) is 4.10. The van der Waals surface area contributed by atoms with Crippen LogP contribution in [0.25, 0.3) is 0 Å². The monoisotopic (exact) mass is 287 g/mol. The standard InChI is InChI=1S/C18H25NO2/c1-5-12-9-10(2)8-11(3)14(12)15-16(20)18(4,13-6-7-13)19-17(15)21/h8-9,13,15-16,20H,5-7H2,1-4H3,(H,19,21). The SMILES string of the molecule is CCc1cc(C)cc(C)c1C1C(=O)NC(C)(C2CC2)C1O. The Hall–Kier alpha value is -1.35. The lowest BCUT2D eigenvalue weighted by Crippen LogP contribution is -2.48. The van der Waals surface area contributed by atoms with Gasteiger partial charge in [0.2, 0.25) is 5.91 Å². The molecule has 2 aliphatic rings. The van der Waals surface area contributed by atoms with Crippen LogP contribution in [0.2, 0.25) is 0 Å². The van der Waals surface area contributed by atoms with Gasteiger partial charge in [0.25, 0.3) is 0 Å². The molecule has 0 aromatic heterocycles. The van der Waals surface area contributed by atoms with Gasteiger partial charge in [-0.15, -0.1) is 0 Å². The molecule has 3 rings (SSSR count). The summed E-state index contributed by atoms with van der Waals surface area (Å²) < 4.78 is 0. The van der Waals surface area contributed by atoms with Crippen molar-refractivity contribution in [2.45, 2.75) is 64.5 Å². The largest absolute Gasteiger partial charge is 0.389 e. The number of carbonyl (C=O) groups is 1. The van der Waals surface area contributed by atoms with Crippen molar-refractivity contribution < 1.29 is 9.90 Å². The third-order valence-electron chi connectivity index (χ3n) is 5.34. The maximum absolute atomic E-state index is 12.6. The summed E-state index contributed by atoms with van der Waals surface area (Å²) in [4.78, 5) is 12.6. The molecule has 1 saturated heterocycles. The van der Waals surface area contributed by atoms with Crippen molar-refractivity contribution >= 4 is 5.91 Å². The molecule has 1 aromatic carbocycles. The first-order valence-corrected chi connectivity index (χ1v) is 7.98. The fourth-order valence-electron chi connectivity index (χ4n) is 4.03. The minimum atomic E-state index is -0.635. The Morgan fingerprint density at radius 1 is 1.33 bits per heavy atom. The van der Waals surface area contributed by atoms with E-state index in [0.29, 0.717) is 5.92 Å². The van der Waals surface area contributed by atoms with E-state index in [1.54, 1.807) is 0 Å². The molecule has 2 N–H and O–H groups in total. The van der Waals surface area contributed by atoms with Crippen molar-refractivity contribution in [3.8, 4) is 0 Å². The predicted octanol–water partition coefficient (Wildman–Crippen LogP) is 2.61. The van der Waals surface area contributed by atoms with Gasteiger partial charge in [0.1, 0.15) is 0 Å². The van der Waals surface area contributed by atoms with Crippen LogP contribution in [0, 0.1) is 19.8 Å². The molecule has 0 spiro atoms. The summed E-state index contributed by atoms with van der Waals surface area (Å²) >= 11 is 0. The zero-order valence-electron chi connectivity index (χ0n) is 13.4. The van der Waals surface area contributed by atoms with E-state index < -0.39 is 17.6 Å². The molecule has 0 bridgehead atoms. The van der Waals surface area contributed by atoms with E-state index in [1.165, 1.54) is 11.1 Å². The number of amides is 1. The number of rotatable bonds is 3. The van der Waals surface area contributed by atoms with Crippen LogP contribution in [-0.4, -0.2) is 22.7 Å². The van der Waals surface area contributed by atoms with Gasteiger partial charge in [-0.3, -0.25) is 4.79 Å². The quantitative estimate of drug-likeness (QED) is 0.898. The Labute approximate surface area is 126 Å². The average Bonchev–Trinajstić information content (AvgIpc) is 3.22. The highest BCUT2D eigenvalue weighted by Gasteiger charge is 2.57. The molecule has 3 unspecified atom stereocenters. The molecule has 1 aliphatic heterocycles. The molecule has 3 nitrogen and oxygen atoms in total. The topological polar surface area (TPSA) is 49.3 Å². The number of aliphatic hydroxyl groups excluding tert-OH is 1. The second-order valence-corrected chi connectivity index (χ2v) is 6.98. The Kier molecular flexibility index (Phi) is 3.36. The van der Waals surface area contributed by atoms with E-state index in [-0.39, 0.29) is 5.91 Å². The first-order valence-electron chi connectivity index (χ1n) is 7.98. The molecule has 0 radical (unpaired) electrons. The highest BCUT2D eigenvalue weighted by molar-refractivity contribution is 5.89. The van der Waals surface area contributed by atoms with Gasteiger partial charge in [-0.25, -0.2) is 0 Å². The maximum atomic E-state index is 12.6. The Morgan fingerprint density at radius 2 is 2.00 bits per heavy atom. The van der Waals surface area contributed by atoms with Gasteiger partial charge >= 0.3 is 0 Å². The highest BCUT2D eigenvalue weighted by atomic mass is 16.3. The van der Waals surface area contributed by atoms with Crippen molar-refractivity contribution in [2.75, 3.05) is 0 Å². The second kappa shape index (κ2) is 4.84. The van der Waals surface area contributed by atoms with Crippen LogP contribution < -0.4 is 5.32 Å². The minimum absolute atomic E-state index is 0.0152. The molecule has 1 aromatic rings. The van der Waals surface area contributed by atoms with Crippen molar-refractivity contribution in [2.24, 2.45) is 5.92 Å². The number of aliphatic hydroxyl groups is 1. The fraction of sp³-hybridized carbons (Fsp3) is 0.611. The zero-order valence-corrected chi connectivity index (χ0v) is 13.4. The third kappa shape index (κ3) is 2.18. The third-order valence-corrected chi connectivity index (χ3v) is 5.34. The first-order chi connectivity index (χ1) is 9.88. The highest BCUT2D eigenvalue weighted by Crippen LogP contribution is 2.48. The zero-order chi connectivity index (χ0) is 15.4. The van der Waals surface area contributed by atoms with Gasteiger partial charge in [-0.1, -0.05) is 24.6 Å². The molecular formula is C18H25NO2. The molecule has 21 heavy (non-hydrogen) atoms. The van der Waals surface area contributed by atoms with Crippen LogP contribution in [0.3, 0.4) is 0 Å². The summed E-state index contributed by atoms with van der Waals surface area (Å²) in [5.74, 6) is -0.0121. The summed E-state index contributed by atoms with van der Waals surface area (Å²) in [6, 6.07) is 4.26. The number of nitrogens with one attached hydrogen (secondary N) is 1. The summed E-state index contributed by atoms with van der Waals surface area (Å²) in [5, 5.41) is 14.0. The Balaban J connectivity index is 2.06. The van der Waals surface area contributed by atoms with Gasteiger partial charge in [0.05, 0.1) is 17.6 Å². The van der Waals surface area contributed by atoms with Crippen LogP contribution in [-0.2, 0) is 11.2 Å². The minimum Gasteiger partial charge on any atom is -0.389 e. The maximum Gasteiger partial charge on any atom is 0.230 e. The van der Waals surface area contributed by atoms with Gasteiger partial charge in [-0.2, -0.15) is 0 Å². The van der Waals surface area contributed by atoms with Crippen molar-refractivity contribution in [1.29, 1.82) is 0 Å². The Bertz CT molecular complexity index is 591. The van der Waals surface area contributed by atoms with Crippen LogP contribution in [0.5, 0.6) is 0 Å². The van der Waals surface area contributed by atoms with Crippen LogP contribution in [0.4, 0.5) is 0 Å². The van der Waals surface area contributed by atoms with Crippen LogP contribution in [0.1, 0.15) is 54.9 Å². The Morgan fingerprint density at radius 3 is 2.57 bits per heavy atom. The molecule has 1 saturated carbocycles. The van der Waals surface area contributed by atoms with Crippen molar-refractivity contribution in [3.05, 3.63) is 34.4 Å². The average molecular weight is 287 g/mol. The van der Waals surface area contributed by atoms with E-state index in [2.05, 4.69) is 31.3 Å². The molecule has 1 heterocycles. The van der Waals surface area contributed by atoms with E-state index in [9.17, 15) is 9.90 Å². The van der Waals surface area contributed by atoms with E-state index in [4.69, 9.17) is 0 Å². The van der Waals surface area contributed by atoms with Gasteiger partial charge in [-0.05, 0) is 62.6 Å². The first kappa shape index (κ1) is 14.6. The van der Waals surface area contributed by atoms with Gasteiger partial charge in [0, 0.05) is 0 Å². The molecule has 3 heteroatoms. The lowest BCUT2D eigenvalue weighted by molar-refractivity contribution is -0.121. The lowest BCUT2D eigenvalue weighted by Gasteiger charge is -2.30. The van der Waals surface area contributed by atoms with Gasteiger partial charge < -0.3 is 10.4 Å². The summed E-state index contributed by atoms with van der Waals surface area (Å²) in [6.07, 6.45) is 2.46. The van der Waals surface area contributed by atoms with Crippen molar-refractivity contribution in [1.82, 2.24) is 5.32 Å². The molecule has 1 amide bonds. The lowest BCUT2D eigenvalue weighted by atomic mass is 9.79. The number of hydrogen-bond donors (Lipinski definition) is 2. The molecule has 1 aliphatic carbocycles. The normalized spacial score (nSPS) is 32.3. The van der Waals surface area contributed by atoms with E-state index in [1.807, 2.05) is 13.8 Å². The fourth-order valence-corrected chi connectivity index (χ4v) is 4.03. The smallest absolute Gasteiger partial charge is 0.230 e. The number of carbonyl (C=O) groups excluding carboxylic acids is 1. The van der Waals surface area contributed by atoms with E-state index >= 15 is 0 Å². The van der Waals surface area contributed by atoms with Crippen LogP contribution >= 0.6 is 0 Å². The summed E-state index contributed by atoms with van der Waals surface area (Å²) in [7, 11) is 0. The molecule has 114 valence electrons. The van der Waals surface area contributed by atoms with Crippen molar-refractivity contribution in [3.63, 3.8) is 0 Å². The predicted molar refractivity (Wildman–Crippen MR) is 83.3 cm³/mol. The second-order valence-electron chi connectivity index (χ2n) is 6.98. The number of aryl methyl sites for hydroxylation is 3. The van der Waals surface area contributed by atoms with E-state index in [0.717, 1.165) is 30.4 Å². The molecule has 3 atom stereocenters. The van der Waals surface area contributed by atoms with Crippen LogP contribution in [0.15, 0.2) is 12.1 Å². The number of hydrogen-bond acceptors (Lipinski definition) is 2. The summed E-state index contributed by atoms with van der Waals surface area (Å²) in [6.45, 7) is 8.24. The molecular weight excluding hydrogens is 262 g/mol. The number of benzene rings is 1. The molecule has 2 fully saturated rings.